The van der Waals surface area contributed by atoms with Gasteiger partial charge in [0.05, 0.1) is 0 Å². The second kappa shape index (κ2) is 9.91. The van der Waals surface area contributed by atoms with Crippen molar-refractivity contribution in [2.24, 2.45) is 5.41 Å². The Morgan fingerprint density at radius 2 is 1.47 bits per heavy atom. The summed E-state index contributed by atoms with van der Waals surface area (Å²) in [6.45, 7) is 10.0. The molecule has 0 radical (unpaired) electrons. The van der Waals surface area contributed by atoms with Crippen LogP contribution in [0.3, 0.4) is 0 Å². The van der Waals surface area contributed by atoms with Crippen LogP contribution in [0.2, 0.25) is 0 Å². The van der Waals surface area contributed by atoms with E-state index in [1.807, 2.05) is 52.8 Å². The van der Waals surface area contributed by atoms with E-state index < -0.39 is 5.41 Å². The Kier molecular flexibility index (Phi) is 7.58. The molecule has 0 saturated carbocycles. The predicted molar refractivity (Wildman–Crippen MR) is 120 cm³/mol. The van der Waals surface area contributed by atoms with Crippen LogP contribution in [0.1, 0.15) is 42.3 Å². The van der Waals surface area contributed by atoms with E-state index in [1.54, 1.807) is 24.3 Å². The summed E-state index contributed by atoms with van der Waals surface area (Å²) in [6, 6.07) is 12.1. The molecule has 0 bridgehead atoms. The Morgan fingerprint density at radius 1 is 0.833 bits per heavy atom. The number of carbonyl (C=O) groups excluding carboxylic acids is 3. The van der Waals surface area contributed by atoms with Crippen LogP contribution in [-0.4, -0.2) is 30.9 Å². The molecule has 0 spiro atoms. The standard InChI is InChI=1S/C23H30N4O3/c1-15-7-6-8-19(16(15)2)27-22(30)25-14-13-24-20(28)17-9-11-18(12-10-17)26-21(29)23(3,4)5/h6-12H,13-14H2,1-5H3,(H,24,28)(H,26,29)(H2,25,27,30). The van der Waals surface area contributed by atoms with Crippen molar-refractivity contribution in [3.05, 3.63) is 59.2 Å². The molecule has 30 heavy (non-hydrogen) atoms. The molecule has 0 aliphatic carbocycles. The number of rotatable bonds is 6. The summed E-state index contributed by atoms with van der Waals surface area (Å²) in [5.41, 5.74) is 3.50. The molecule has 0 unspecified atom stereocenters. The lowest BCUT2D eigenvalue weighted by molar-refractivity contribution is -0.123. The second-order valence-corrected chi connectivity index (χ2v) is 8.17. The third-order valence-corrected chi connectivity index (χ3v) is 4.64. The zero-order chi connectivity index (χ0) is 22.3. The van der Waals surface area contributed by atoms with E-state index >= 15 is 0 Å². The first-order valence-electron chi connectivity index (χ1n) is 9.88. The maximum atomic E-state index is 12.2. The minimum Gasteiger partial charge on any atom is -0.350 e. The van der Waals surface area contributed by atoms with Crippen molar-refractivity contribution in [1.82, 2.24) is 10.6 Å². The predicted octanol–water partition coefficient (Wildman–Crippen LogP) is 3.84. The molecule has 2 aromatic carbocycles. The highest BCUT2D eigenvalue weighted by atomic mass is 16.2. The third-order valence-electron chi connectivity index (χ3n) is 4.64. The lowest BCUT2D eigenvalue weighted by atomic mass is 9.95. The van der Waals surface area contributed by atoms with E-state index in [9.17, 15) is 14.4 Å². The molecule has 4 amide bonds. The number of anilines is 2. The van der Waals surface area contributed by atoms with Gasteiger partial charge < -0.3 is 21.3 Å². The van der Waals surface area contributed by atoms with Gasteiger partial charge in [-0.1, -0.05) is 32.9 Å². The first kappa shape index (κ1) is 22.9. The van der Waals surface area contributed by atoms with Crippen LogP contribution in [0.4, 0.5) is 16.2 Å². The number of urea groups is 1. The summed E-state index contributed by atoms with van der Waals surface area (Å²) < 4.78 is 0. The van der Waals surface area contributed by atoms with Crippen molar-refractivity contribution >= 4 is 29.2 Å². The van der Waals surface area contributed by atoms with Crippen LogP contribution in [0.15, 0.2) is 42.5 Å². The van der Waals surface area contributed by atoms with Crippen molar-refractivity contribution in [3.8, 4) is 0 Å². The molecular formula is C23H30N4O3. The van der Waals surface area contributed by atoms with Crippen LogP contribution in [0.25, 0.3) is 0 Å². The zero-order valence-corrected chi connectivity index (χ0v) is 18.2. The van der Waals surface area contributed by atoms with Gasteiger partial charge in [0.15, 0.2) is 0 Å². The lowest BCUT2D eigenvalue weighted by Crippen LogP contribution is -2.36. The maximum Gasteiger partial charge on any atom is 0.319 e. The van der Waals surface area contributed by atoms with Gasteiger partial charge in [-0.3, -0.25) is 9.59 Å². The fraction of sp³-hybridized carbons (Fsp3) is 0.348. The fourth-order valence-electron chi connectivity index (χ4n) is 2.53. The van der Waals surface area contributed by atoms with Crippen LogP contribution in [0, 0.1) is 19.3 Å². The fourth-order valence-corrected chi connectivity index (χ4v) is 2.53. The van der Waals surface area contributed by atoms with Crippen molar-refractivity contribution < 1.29 is 14.4 Å². The Bertz CT molecular complexity index is 915. The summed E-state index contributed by atoms with van der Waals surface area (Å²) in [5, 5.41) is 11.1. The lowest BCUT2D eigenvalue weighted by Gasteiger charge is -2.17. The number of hydrogen-bond donors (Lipinski definition) is 4. The largest absolute Gasteiger partial charge is 0.350 e. The van der Waals surface area contributed by atoms with Crippen molar-refractivity contribution in [1.29, 1.82) is 0 Å². The summed E-state index contributed by atoms with van der Waals surface area (Å²) >= 11 is 0. The normalized spacial score (nSPS) is 10.8. The molecule has 0 aromatic heterocycles. The summed E-state index contributed by atoms with van der Waals surface area (Å²) in [6.07, 6.45) is 0. The van der Waals surface area contributed by atoms with Crippen LogP contribution < -0.4 is 21.3 Å². The Balaban J connectivity index is 1.76. The van der Waals surface area contributed by atoms with E-state index in [2.05, 4.69) is 21.3 Å². The first-order chi connectivity index (χ1) is 14.1. The molecule has 7 nitrogen and oxygen atoms in total. The van der Waals surface area contributed by atoms with Gasteiger partial charge in [0, 0.05) is 35.4 Å². The number of benzene rings is 2. The number of aryl methyl sites for hydroxylation is 1. The van der Waals surface area contributed by atoms with Crippen molar-refractivity contribution in [3.63, 3.8) is 0 Å². The third kappa shape index (κ3) is 6.62. The smallest absolute Gasteiger partial charge is 0.319 e. The monoisotopic (exact) mass is 410 g/mol. The molecule has 0 heterocycles. The molecule has 0 atom stereocenters. The van der Waals surface area contributed by atoms with E-state index in [4.69, 9.17) is 0 Å². The Hall–Kier alpha value is -3.35. The van der Waals surface area contributed by atoms with E-state index in [0.717, 1.165) is 16.8 Å². The summed E-state index contributed by atoms with van der Waals surface area (Å²) in [5.74, 6) is -0.342. The summed E-state index contributed by atoms with van der Waals surface area (Å²) in [7, 11) is 0. The Labute approximate surface area is 177 Å². The van der Waals surface area contributed by atoms with Gasteiger partial charge in [0.1, 0.15) is 0 Å². The SMILES string of the molecule is Cc1cccc(NC(=O)NCCNC(=O)c2ccc(NC(=O)C(C)(C)C)cc2)c1C. The van der Waals surface area contributed by atoms with Gasteiger partial charge >= 0.3 is 6.03 Å². The number of hydrogen-bond acceptors (Lipinski definition) is 3. The highest BCUT2D eigenvalue weighted by molar-refractivity contribution is 5.97. The quantitative estimate of drug-likeness (QED) is 0.545. The number of nitrogens with one attached hydrogen (secondary N) is 4. The van der Waals surface area contributed by atoms with Gasteiger partial charge in [-0.05, 0) is 55.3 Å². The van der Waals surface area contributed by atoms with Crippen molar-refractivity contribution in [2.75, 3.05) is 23.7 Å². The average Bonchev–Trinajstić information content (AvgIpc) is 2.68. The summed E-state index contributed by atoms with van der Waals surface area (Å²) in [4.78, 5) is 36.2. The minimum absolute atomic E-state index is 0.0927. The van der Waals surface area contributed by atoms with Gasteiger partial charge in [0.25, 0.3) is 5.91 Å². The molecule has 0 fully saturated rings. The van der Waals surface area contributed by atoms with Gasteiger partial charge in [-0.2, -0.15) is 0 Å². The molecule has 7 heteroatoms. The van der Waals surface area contributed by atoms with Gasteiger partial charge in [0.2, 0.25) is 5.91 Å². The molecule has 160 valence electrons. The topological polar surface area (TPSA) is 99.3 Å². The molecule has 0 aliphatic rings. The molecule has 4 N–H and O–H groups in total. The highest BCUT2D eigenvalue weighted by Gasteiger charge is 2.21. The van der Waals surface area contributed by atoms with E-state index in [-0.39, 0.29) is 17.8 Å². The maximum absolute atomic E-state index is 12.2. The minimum atomic E-state index is -0.493. The van der Waals surface area contributed by atoms with Crippen LogP contribution in [0.5, 0.6) is 0 Å². The first-order valence-corrected chi connectivity index (χ1v) is 9.88. The molecule has 2 rings (SSSR count). The van der Waals surface area contributed by atoms with Crippen LogP contribution >= 0.6 is 0 Å². The molecule has 0 saturated heterocycles. The molecular weight excluding hydrogens is 380 g/mol. The molecule has 2 aromatic rings. The van der Waals surface area contributed by atoms with Gasteiger partial charge in [-0.15, -0.1) is 0 Å². The Morgan fingerprint density at radius 3 is 2.10 bits per heavy atom. The highest BCUT2D eigenvalue weighted by Crippen LogP contribution is 2.18. The van der Waals surface area contributed by atoms with Gasteiger partial charge in [-0.25, -0.2) is 4.79 Å². The second-order valence-electron chi connectivity index (χ2n) is 8.17. The van der Waals surface area contributed by atoms with E-state index in [1.165, 1.54) is 0 Å². The average molecular weight is 411 g/mol. The molecule has 0 aliphatic heterocycles. The van der Waals surface area contributed by atoms with E-state index in [0.29, 0.717) is 24.3 Å². The number of amides is 4. The number of carbonyl (C=O) groups is 3. The zero-order valence-electron chi connectivity index (χ0n) is 18.2. The van der Waals surface area contributed by atoms with Crippen LogP contribution in [-0.2, 0) is 4.79 Å². The van der Waals surface area contributed by atoms with Crippen molar-refractivity contribution in [2.45, 2.75) is 34.6 Å².